The second-order valence-electron chi connectivity index (χ2n) is 7.83. The molecule has 0 aromatic rings. The van der Waals surface area contributed by atoms with Crippen molar-refractivity contribution in [2.45, 2.75) is 90.9 Å². The molecule has 176 valence electrons. The van der Waals surface area contributed by atoms with E-state index in [0.29, 0.717) is 25.7 Å². The number of unbranched alkanes of at least 4 members (excludes halogenated alkanes) is 8. The van der Waals surface area contributed by atoms with E-state index in [0.717, 1.165) is 6.61 Å². The fourth-order valence-corrected chi connectivity index (χ4v) is 3.56. The first-order chi connectivity index (χ1) is 14.0. The molecule has 0 spiro atoms. The minimum Gasteiger partial charge on any atom is -0.748 e. The van der Waals surface area contributed by atoms with Crippen LogP contribution in [0.5, 0.6) is 0 Å². The van der Waals surface area contributed by atoms with Crippen LogP contribution in [0, 0.1) is 5.92 Å². The van der Waals surface area contributed by atoms with Gasteiger partial charge in [-0.05, 0) is 18.8 Å². The summed E-state index contributed by atoms with van der Waals surface area (Å²) in [5.41, 5.74) is 0. The van der Waals surface area contributed by atoms with Crippen molar-refractivity contribution < 1.29 is 56.7 Å². The largest absolute Gasteiger partial charge is 1.00 e. The average Bonchev–Trinajstić information content (AvgIpc) is 2.67. The maximum Gasteiger partial charge on any atom is 1.00 e. The molecule has 0 bridgehead atoms. The zero-order valence-corrected chi connectivity index (χ0v) is 22.7. The molecule has 1 unspecified atom stereocenters. The van der Waals surface area contributed by atoms with Crippen molar-refractivity contribution in [1.29, 1.82) is 0 Å². The third-order valence-electron chi connectivity index (χ3n) is 5.01. The molecule has 0 aliphatic carbocycles. The van der Waals surface area contributed by atoms with E-state index in [2.05, 4.69) is 13.8 Å². The quantitative estimate of drug-likeness (QED) is 0.132. The Morgan fingerprint density at radius 3 is 1.63 bits per heavy atom. The number of ether oxygens (including phenoxy) is 3. The Bertz CT molecular complexity index is 433. The zero-order chi connectivity index (χ0) is 21.6. The average molecular weight is 461 g/mol. The summed E-state index contributed by atoms with van der Waals surface area (Å²) in [5, 5.41) is 0. The third kappa shape index (κ3) is 26.8. The van der Waals surface area contributed by atoms with Crippen molar-refractivity contribution in [2.24, 2.45) is 5.92 Å². The van der Waals surface area contributed by atoms with Gasteiger partial charge in [0, 0.05) is 6.61 Å². The van der Waals surface area contributed by atoms with Crippen LogP contribution in [-0.4, -0.2) is 58.4 Å². The molecule has 6 nitrogen and oxygen atoms in total. The first kappa shape index (κ1) is 33.0. The zero-order valence-electron chi connectivity index (χ0n) is 19.9. The molecule has 0 rings (SSSR count). The molecular weight excluding hydrogens is 415 g/mol. The van der Waals surface area contributed by atoms with Crippen LogP contribution in [0.25, 0.3) is 0 Å². The molecule has 0 N–H and O–H groups in total. The fourth-order valence-electron chi connectivity index (χ4n) is 3.23. The van der Waals surface area contributed by atoms with Gasteiger partial charge in [-0.2, -0.15) is 0 Å². The maximum atomic E-state index is 10.4. The van der Waals surface area contributed by atoms with Gasteiger partial charge in [0.2, 0.25) is 0 Å². The van der Waals surface area contributed by atoms with Crippen molar-refractivity contribution in [3.05, 3.63) is 0 Å². The first-order valence-corrected chi connectivity index (χ1v) is 13.2. The van der Waals surface area contributed by atoms with Gasteiger partial charge in [-0.25, -0.2) is 8.42 Å². The van der Waals surface area contributed by atoms with Crippen LogP contribution >= 0.6 is 0 Å². The predicted octanol–water partition coefficient (Wildman–Crippen LogP) is 1.92. The van der Waals surface area contributed by atoms with Gasteiger partial charge >= 0.3 is 29.6 Å². The molecule has 0 aromatic carbocycles. The van der Waals surface area contributed by atoms with Crippen LogP contribution in [0.4, 0.5) is 0 Å². The molecule has 0 heterocycles. The second-order valence-corrected chi connectivity index (χ2v) is 9.36. The van der Waals surface area contributed by atoms with Crippen LogP contribution in [0.15, 0.2) is 0 Å². The fraction of sp³-hybridized carbons (Fsp3) is 1.00. The Balaban J connectivity index is 0. The van der Waals surface area contributed by atoms with E-state index in [4.69, 9.17) is 14.2 Å². The van der Waals surface area contributed by atoms with E-state index in [9.17, 15) is 13.0 Å². The van der Waals surface area contributed by atoms with Crippen LogP contribution in [0.2, 0.25) is 0 Å². The van der Waals surface area contributed by atoms with Crippen LogP contribution in [0.3, 0.4) is 0 Å². The Morgan fingerprint density at radius 1 is 0.667 bits per heavy atom. The van der Waals surface area contributed by atoms with E-state index in [1.807, 2.05) is 0 Å². The summed E-state index contributed by atoms with van der Waals surface area (Å²) < 4.78 is 47.6. The Morgan fingerprint density at radius 2 is 1.10 bits per heavy atom. The smallest absolute Gasteiger partial charge is 0.748 e. The maximum absolute atomic E-state index is 10.4. The summed E-state index contributed by atoms with van der Waals surface area (Å²) >= 11 is 0. The SMILES string of the molecule is CCCCCCCCC(CCCCCC)COCCOCCOCCS(=O)(=O)[O-].[Na+]. The number of rotatable bonds is 23. The van der Waals surface area contributed by atoms with Gasteiger partial charge in [-0.1, -0.05) is 78.1 Å². The van der Waals surface area contributed by atoms with Crippen LogP contribution < -0.4 is 29.6 Å². The number of hydrogen-bond donors (Lipinski definition) is 0. The molecule has 0 saturated heterocycles. The summed E-state index contributed by atoms with van der Waals surface area (Å²) in [7, 11) is -4.20. The van der Waals surface area contributed by atoms with Crippen molar-refractivity contribution in [3.8, 4) is 0 Å². The van der Waals surface area contributed by atoms with Gasteiger partial charge in [-0.15, -0.1) is 0 Å². The van der Waals surface area contributed by atoms with Crippen molar-refractivity contribution >= 4 is 10.1 Å². The molecule has 30 heavy (non-hydrogen) atoms. The van der Waals surface area contributed by atoms with Gasteiger partial charge in [-0.3, -0.25) is 0 Å². The van der Waals surface area contributed by atoms with Gasteiger partial charge in [0.15, 0.2) is 0 Å². The molecule has 1 atom stereocenters. The summed E-state index contributed by atoms with van der Waals surface area (Å²) in [6.07, 6.45) is 15.7. The molecule has 0 aliphatic rings. The van der Waals surface area contributed by atoms with Gasteiger partial charge in [0.1, 0.15) is 0 Å². The standard InChI is InChI=1S/C22H46O6S.Na/c1-3-5-7-9-10-12-14-22(13-11-8-6-4-2)21-28-18-17-26-15-16-27-19-20-29(23,24)25;/h22H,3-21H2,1-2H3,(H,23,24,25);/q;+1/p-1. The van der Waals surface area contributed by atoms with Crippen molar-refractivity contribution in [1.82, 2.24) is 0 Å². The van der Waals surface area contributed by atoms with Gasteiger partial charge < -0.3 is 18.8 Å². The van der Waals surface area contributed by atoms with E-state index >= 15 is 0 Å². The molecule has 0 saturated carbocycles. The molecule has 0 aromatic heterocycles. The van der Waals surface area contributed by atoms with Crippen molar-refractivity contribution in [3.63, 3.8) is 0 Å². The van der Waals surface area contributed by atoms with E-state index in [1.54, 1.807) is 0 Å². The second kappa shape index (κ2) is 24.4. The Labute approximate surface area is 208 Å². The minimum absolute atomic E-state index is 0. The molecule has 0 fully saturated rings. The molecular formula is C22H45NaO6S. The van der Waals surface area contributed by atoms with Gasteiger partial charge in [0.05, 0.1) is 48.9 Å². The predicted molar refractivity (Wildman–Crippen MR) is 117 cm³/mol. The van der Waals surface area contributed by atoms with Crippen molar-refractivity contribution in [2.75, 3.05) is 45.4 Å². The summed E-state index contributed by atoms with van der Waals surface area (Å²) in [6, 6.07) is 0. The normalized spacial score (nSPS) is 12.6. The van der Waals surface area contributed by atoms with E-state index in [1.165, 1.54) is 77.0 Å². The molecule has 0 radical (unpaired) electrons. The van der Waals surface area contributed by atoms with E-state index < -0.39 is 15.9 Å². The topological polar surface area (TPSA) is 84.9 Å². The minimum atomic E-state index is -4.20. The molecule has 8 heteroatoms. The van der Waals surface area contributed by atoms with Crippen LogP contribution in [-0.2, 0) is 24.3 Å². The summed E-state index contributed by atoms with van der Waals surface area (Å²) in [6.45, 7) is 6.95. The summed E-state index contributed by atoms with van der Waals surface area (Å²) in [5.74, 6) is 0.157. The third-order valence-corrected chi connectivity index (χ3v) is 5.67. The van der Waals surface area contributed by atoms with E-state index in [-0.39, 0.29) is 42.8 Å². The monoisotopic (exact) mass is 460 g/mol. The Kier molecular flexibility index (Phi) is 26.8. The first-order valence-electron chi connectivity index (χ1n) is 11.7. The number of hydrogen-bond acceptors (Lipinski definition) is 6. The Hall–Kier alpha value is 0.790. The van der Waals surface area contributed by atoms with Gasteiger partial charge in [0.25, 0.3) is 0 Å². The molecule has 0 amide bonds. The summed E-state index contributed by atoms with van der Waals surface area (Å²) in [4.78, 5) is 0. The van der Waals surface area contributed by atoms with Crippen LogP contribution in [0.1, 0.15) is 90.9 Å². The molecule has 0 aliphatic heterocycles.